The number of aromatic nitrogens is 1. The van der Waals surface area contributed by atoms with Crippen molar-refractivity contribution in [1.29, 1.82) is 0 Å². The quantitative estimate of drug-likeness (QED) is 0.361. The van der Waals surface area contributed by atoms with E-state index in [2.05, 4.69) is 4.98 Å². The smallest absolute Gasteiger partial charge is 0.166 e. The van der Waals surface area contributed by atoms with Crippen LogP contribution in [0.3, 0.4) is 0 Å². The lowest BCUT2D eigenvalue weighted by Gasteiger charge is -2.39. The van der Waals surface area contributed by atoms with Crippen LogP contribution in [-0.4, -0.2) is 18.1 Å². The van der Waals surface area contributed by atoms with E-state index < -0.39 is 4.65 Å². The van der Waals surface area contributed by atoms with Gasteiger partial charge in [-0.3, -0.25) is 4.98 Å². The third-order valence-electron chi connectivity index (χ3n) is 3.39. The van der Waals surface area contributed by atoms with Crippen molar-refractivity contribution in [3.8, 4) is 0 Å². The Morgan fingerprint density at radius 1 is 1.17 bits per heavy atom. The summed E-state index contributed by atoms with van der Waals surface area (Å²) < 4.78 is -0.409. The minimum Gasteiger partial charge on any atom is -0.627 e. The van der Waals surface area contributed by atoms with E-state index in [4.69, 9.17) is 5.73 Å². The summed E-state index contributed by atoms with van der Waals surface area (Å²) in [5.74, 6) is 0. The highest BCUT2D eigenvalue weighted by Gasteiger charge is 2.26. The molecule has 0 bridgehead atoms. The maximum absolute atomic E-state index is 12.8. The zero-order valence-corrected chi connectivity index (χ0v) is 10.3. The summed E-state index contributed by atoms with van der Waals surface area (Å²) in [5.41, 5.74) is 8.98. The third-order valence-corrected chi connectivity index (χ3v) is 3.39. The van der Waals surface area contributed by atoms with Crippen molar-refractivity contribution in [3.63, 3.8) is 0 Å². The van der Waals surface area contributed by atoms with Gasteiger partial charge in [0.1, 0.15) is 13.1 Å². The van der Waals surface area contributed by atoms with E-state index in [0.29, 0.717) is 24.5 Å². The van der Waals surface area contributed by atoms with Gasteiger partial charge in [-0.15, -0.1) is 0 Å². The topological polar surface area (TPSA) is 62.0 Å². The van der Waals surface area contributed by atoms with Crippen LogP contribution in [0.1, 0.15) is 5.69 Å². The molecule has 2 N–H and O–H groups in total. The number of rotatable bonds is 1. The maximum atomic E-state index is 12.8. The van der Waals surface area contributed by atoms with Crippen molar-refractivity contribution in [2.45, 2.75) is 6.92 Å². The number of benzene rings is 1. The molecule has 0 atom stereocenters. The lowest BCUT2D eigenvalue weighted by atomic mass is 10.1. The van der Waals surface area contributed by atoms with Gasteiger partial charge in [0.05, 0.1) is 16.6 Å². The monoisotopic (exact) mass is 241 g/mol. The zero-order chi connectivity index (χ0) is 12.8. The molecule has 92 valence electrons. The molecule has 0 saturated carbocycles. The van der Waals surface area contributed by atoms with Crippen molar-refractivity contribution >= 4 is 22.3 Å². The van der Waals surface area contributed by atoms with Crippen molar-refractivity contribution in [2.75, 3.05) is 18.8 Å². The van der Waals surface area contributed by atoms with Crippen LogP contribution >= 0.6 is 0 Å². The second-order valence-corrected chi connectivity index (χ2v) is 4.75. The van der Waals surface area contributed by atoms with E-state index in [-0.39, 0.29) is 0 Å². The highest BCUT2D eigenvalue weighted by Crippen LogP contribution is 2.37. The summed E-state index contributed by atoms with van der Waals surface area (Å²) in [6.45, 7) is 2.82. The fraction of sp³-hybridized carbons (Fsp3) is 0.214. The number of nitrogens with zero attached hydrogens (tertiary/aromatic N) is 2. The minimum absolute atomic E-state index is 0.409. The van der Waals surface area contributed by atoms with Crippen LogP contribution in [0.2, 0.25) is 0 Å². The normalized spacial score (nSPS) is 17.4. The molecule has 0 fully saturated rings. The molecule has 0 radical (unpaired) electrons. The van der Waals surface area contributed by atoms with Gasteiger partial charge in [-0.1, -0.05) is 0 Å². The number of hydrogen-bond donors (Lipinski definition) is 1. The van der Waals surface area contributed by atoms with Crippen molar-refractivity contribution < 1.29 is 0 Å². The summed E-state index contributed by atoms with van der Waals surface area (Å²) in [7, 11) is 0. The zero-order valence-electron chi connectivity index (χ0n) is 10.3. The van der Waals surface area contributed by atoms with Crippen LogP contribution in [0.5, 0.6) is 0 Å². The van der Waals surface area contributed by atoms with Crippen molar-refractivity contribution in [2.24, 2.45) is 0 Å². The second-order valence-electron chi connectivity index (χ2n) is 4.75. The highest BCUT2D eigenvalue weighted by molar-refractivity contribution is 5.97. The number of anilines is 1. The second kappa shape index (κ2) is 3.80. The van der Waals surface area contributed by atoms with Gasteiger partial charge in [0.25, 0.3) is 0 Å². The molecular formula is C14H15N3O. The van der Waals surface area contributed by atoms with E-state index >= 15 is 0 Å². The van der Waals surface area contributed by atoms with Gasteiger partial charge in [-0.25, -0.2) is 0 Å². The summed E-state index contributed by atoms with van der Waals surface area (Å²) in [6, 6.07) is 7.51. The van der Waals surface area contributed by atoms with Gasteiger partial charge >= 0.3 is 0 Å². The molecule has 1 aromatic carbocycles. The van der Waals surface area contributed by atoms with Crippen molar-refractivity contribution in [1.82, 2.24) is 9.63 Å². The SMILES string of the molecule is Cc1ccc2c([N+]3([O-])CC=CC3)c(N)ccc2n1. The predicted molar refractivity (Wildman–Crippen MR) is 74.9 cm³/mol. The summed E-state index contributed by atoms with van der Waals surface area (Å²) in [4.78, 5) is 4.46. The first-order chi connectivity index (χ1) is 8.60. The van der Waals surface area contributed by atoms with E-state index in [1.165, 1.54) is 0 Å². The van der Waals surface area contributed by atoms with E-state index in [1.54, 1.807) is 6.07 Å². The molecule has 4 nitrogen and oxygen atoms in total. The standard InChI is InChI=1S/C14H15N3O/c1-10-4-5-11-13(16-10)7-6-12(15)14(11)17(18)8-2-3-9-17/h2-7H,8-9,15H2,1H3. The Hall–Kier alpha value is -1.91. The molecule has 0 aliphatic carbocycles. The van der Waals surface area contributed by atoms with Gasteiger partial charge < -0.3 is 15.6 Å². The Morgan fingerprint density at radius 2 is 1.89 bits per heavy atom. The highest BCUT2D eigenvalue weighted by atomic mass is 16.5. The molecule has 18 heavy (non-hydrogen) atoms. The predicted octanol–water partition coefficient (Wildman–Crippen LogP) is 2.50. The molecule has 3 rings (SSSR count). The fourth-order valence-electron chi connectivity index (χ4n) is 2.51. The third kappa shape index (κ3) is 1.58. The molecular weight excluding hydrogens is 226 g/mol. The number of aryl methyl sites for hydroxylation is 1. The van der Waals surface area contributed by atoms with E-state index in [9.17, 15) is 5.21 Å². The van der Waals surface area contributed by atoms with E-state index in [1.807, 2.05) is 37.3 Å². The molecule has 1 aliphatic heterocycles. The number of hydrogen-bond acceptors (Lipinski definition) is 3. The van der Waals surface area contributed by atoms with Crippen LogP contribution in [0, 0.1) is 12.1 Å². The van der Waals surface area contributed by atoms with Gasteiger partial charge in [0, 0.05) is 5.69 Å². The summed E-state index contributed by atoms with van der Waals surface area (Å²) in [5, 5.41) is 13.7. The first kappa shape index (κ1) is 11.2. The number of hydroxylamine groups is 2. The number of nitrogens with two attached hydrogens (primary N) is 1. The molecule has 0 amide bonds. The largest absolute Gasteiger partial charge is 0.627 e. The van der Waals surface area contributed by atoms with Gasteiger partial charge in [-0.05, 0) is 43.3 Å². The number of quaternary nitrogens is 1. The van der Waals surface area contributed by atoms with Crippen molar-refractivity contribution in [3.05, 3.63) is 47.3 Å². The number of nitrogen functional groups attached to an aromatic ring is 1. The van der Waals surface area contributed by atoms with Gasteiger partial charge in [0.15, 0.2) is 5.69 Å². The average molecular weight is 241 g/mol. The van der Waals surface area contributed by atoms with Crippen LogP contribution in [0.4, 0.5) is 11.4 Å². The Kier molecular flexibility index (Phi) is 2.36. The first-order valence-corrected chi connectivity index (χ1v) is 6.00. The maximum Gasteiger partial charge on any atom is 0.166 e. The number of fused-ring (bicyclic) bond motifs is 1. The van der Waals surface area contributed by atoms with Crippen LogP contribution in [0.15, 0.2) is 36.4 Å². The summed E-state index contributed by atoms with van der Waals surface area (Å²) in [6.07, 6.45) is 3.82. The molecule has 0 saturated heterocycles. The molecule has 2 heterocycles. The molecule has 0 spiro atoms. The van der Waals surface area contributed by atoms with E-state index in [0.717, 1.165) is 16.6 Å². The summed E-state index contributed by atoms with van der Waals surface area (Å²) >= 11 is 0. The Morgan fingerprint density at radius 3 is 2.61 bits per heavy atom. The molecule has 0 unspecified atom stereocenters. The van der Waals surface area contributed by atoms with Crippen LogP contribution in [-0.2, 0) is 0 Å². The first-order valence-electron chi connectivity index (χ1n) is 6.00. The molecule has 1 aromatic heterocycles. The molecule has 2 aromatic rings. The van der Waals surface area contributed by atoms with Crippen LogP contribution in [0.25, 0.3) is 10.9 Å². The molecule has 1 aliphatic rings. The Balaban J connectivity index is 2.30. The lowest BCUT2D eigenvalue weighted by molar-refractivity contribution is 0.478. The molecule has 4 heteroatoms. The van der Waals surface area contributed by atoms with Gasteiger partial charge in [0.2, 0.25) is 0 Å². The Labute approximate surface area is 106 Å². The fourth-order valence-corrected chi connectivity index (χ4v) is 2.51. The van der Waals surface area contributed by atoms with Gasteiger partial charge in [-0.2, -0.15) is 0 Å². The Bertz CT molecular complexity index is 641. The number of pyridine rings is 1. The lowest BCUT2D eigenvalue weighted by Crippen LogP contribution is -2.40. The minimum atomic E-state index is -0.409. The average Bonchev–Trinajstić information content (AvgIpc) is 2.77. The van der Waals surface area contributed by atoms with Crippen LogP contribution < -0.4 is 10.4 Å².